The highest BCUT2D eigenvalue weighted by molar-refractivity contribution is 6.32. The average molecular weight is 418 g/mol. The molecule has 5 rings (SSSR count). The van der Waals surface area contributed by atoms with Crippen LogP contribution in [-0.4, -0.2) is 34.9 Å². The van der Waals surface area contributed by atoms with Gasteiger partial charge in [-0.05, 0) is 24.3 Å². The van der Waals surface area contributed by atoms with Crippen molar-refractivity contribution in [2.45, 2.75) is 6.54 Å². The van der Waals surface area contributed by atoms with Crippen LogP contribution < -0.4 is 5.32 Å². The zero-order valence-electron chi connectivity index (χ0n) is 15.7. The lowest BCUT2D eigenvalue weighted by Crippen LogP contribution is -2.10. The maximum absolute atomic E-state index is 12.6. The molecule has 4 aromatic heterocycles. The van der Waals surface area contributed by atoms with Crippen LogP contribution in [0.4, 0.5) is 5.69 Å². The summed E-state index contributed by atoms with van der Waals surface area (Å²) in [5.41, 5.74) is 3.47. The van der Waals surface area contributed by atoms with Crippen molar-refractivity contribution >= 4 is 28.8 Å². The van der Waals surface area contributed by atoms with Crippen molar-refractivity contribution in [1.82, 2.24) is 28.9 Å². The van der Waals surface area contributed by atoms with Crippen LogP contribution in [0.25, 0.3) is 11.3 Å². The maximum Gasteiger partial charge on any atom is 0.258 e. The third-order valence-corrected chi connectivity index (χ3v) is 4.89. The maximum atomic E-state index is 12.6. The molecule has 30 heavy (non-hydrogen) atoms. The molecule has 0 aliphatic heterocycles. The first-order valence-electron chi connectivity index (χ1n) is 9.22. The van der Waals surface area contributed by atoms with Gasteiger partial charge >= 0.3 is 0 Å². The third kappa shape index (κ3) is 3.56. The molecule has 0 radical (unpaired) electrons. The van der Waals surface area contributed by atoms with Crippen molar-refractivity contribution in [3.63, 3.8) is 0 Å². The van der Waals surface area contributed by atoms with Crippen molar-refractivity contribution in [3.05, 3.63) is 95.9 Å². The van der Waals surface area contributed by atoms with Crippen LogP contribution in [0.5, 0.6) is 0 Å². The lowest BCUT2D eigenvalue weighted by molar-refractivity contribution is 0.102. The minimum Gasteiger partial charge on any atom is -0.319 e. The molecule has 8 nitrogen and oxygen atoms in total. The van der Waals surface area contributed by atoms with Crippen LogP contribution in [-0.2, 0) is 6.54 Å². The van der Waals surface area contributed by atoms with Crippen LogP contribution in [0.15, 0.2) is 79.6 Å². The van der Waals surface area contributed by atoms with Gasteiger partial charge in [-0.3, -0.25) is 9.48 Å². The average Bonchev–Trinajstić information content (AvgIpc) is 3.48. The Balaban J connectivity index is 1.28. The summed E-state index contributed by atoms with van der Waals surface area (Å²) in [5, 5.41) is 11.9. The monoisotopic (exact) mass is 417 g/mol. The number of aromatic nitrogens is 6. The molecular formula is C21H16ClN7O. The van der Waals surface area contributed by atoms with Gasteiger partial charge in [-0.15, -0.1) is 0 Å². The standard InChI is InChI=1S/C21H16ClN7O/c22-18-5-1-2-6-19(18)29-11-15(9-24-29)21(30)26-16-10-23-28(13-16)14-17-12-27-8-4-3-7-20(27)25-17/h1-13H,14H2,(H,26,30). The van der Waals surface area contributed by atoms with Gasteiger partial charge < -0.3 is 9.72 Å². The van der Waals surface area contributed by atoms with E-state index in [0.29, 0.717) is 28.5 Å². The molecule has 148 valence electrons. The highest BCUT2D eigenvalue weighted by Crippen LogP contribution is 2.19. The highest BCUT2D eigenvalue weighted by Gasteiger charge is 2.12. The number of halogens is 1. The number of para-hydroxylation sites is 1. The van der Waals surface area contributed by atoms with Gasteiger partial charge in [-0.25, -0.2) is 9.67 Å². The molecule has 0 unspecified atom stereocenters. The molecule has 4 heterocycles. The zero-order chi connectivity index (χ0) is 20.5. The fraction of sp³-hybridized carbons (Fsp3) is 0.0476. The second-order valence-corrected chi connectivity index (χ2v) is 7.11. The third-order valence-electron chi connectivity index (χ3n) is 4.57. The van der Waals surface area contributed by atoms with Gasteiger partial charge in [0.25, 0.3) is 5.91 Å². The van der Waals surface area contributed by atoms with Gasteiger partial charge in [-0.2, -0.15) is 10.2 Å². The molecule has 9 heteroatoms. The Hall–Kier alpha value is -3.91. The number of nitrogens with one attached hydrogen (secondary N) is 1. The smallest absolute Gasteiger partial charge is 0.258 e. The van der Waals surface area contributed by atoms with E-state index in [1.165, 1.54) is 6.20 Å². The van der Waals surface area contributed by atoms with Gasteiger partial charge in [0, 0.05) is 24.8 Å². The Morgan fingerprint density at radius 3 is 2.73 bits per heavy atom. The molecule has 1 amide bonds. The van der Waals surface area contributed by atoms with Gasteiger partial charge in [-0.1, -0.05) is 29.8 Å². The molecule has 0 aliphatic rings. The van der Waals surface area contributed by atoms with Crippen molar-refractivity contribution in [2.75, 3.05) is 5.32 Å². The largest absolute Gasteiger partial charge is 0.319 e. The summed E-state index contributed by atoms with van der Waals surface area (Å²) in [6.07, 6.45) is 10.4. The van der Waals surface area contributed by atoms with E-state index in [2.05, 4.69) is 20.5 Å². The number of pyridine rings is 1. The number of rotatable bonds is 5. The number of nitrogens with zero attached hydrogens (tertiary/aromatic N) is 6. The fourth-order valence-corrected chi connectivity index (χ4v) is 3.38. The first-order valence-corrected chi connectivity index (χ1v) is 9.59. The molecule has 0 saturated heterocycles. The SMILES string of the molecule is O=C(Nc1cnn(Cc2cn3ccccc3n2)c1)c1cnn(-c2ccccc2Cl)c1. The second-order valence-electron chi connectivity index (χ2n) is 6.70. The fourth-order valence-electron chi connectivity index (χ4n) is 3.16. The minimum absolute atomic E-state index is 0.277. The molecule has 1 N–H and O–H groups in total. The summed E-state index contributed by atoms with van der Waals surface area (Å²) in [4.78, 5) is 17.1. The summed E-state index contributed by atoms with van der Waals surface area (Å²) in [6, 6.07) is 13.2. The lowest BCUT2D eigenvalue weighted by atomic mass is 10.3. The molecule has 1 aromatic carbocycles. The Bertz CT molecular complexity index is 1320. The Morgan fingerprint density at radius 1 is 1.00 bits per heavy atom. The Morgan fingerprint density at radius 2 is 1.87 bits per heavy atom. The number of fused-ring (bicyclic) bond motifs is 1. The molecule has 0 saturated carbocycles. The van der Waals surface area contributed by atoms with Crippen molar-refractivity contribution in [1.29, 1.82) is 0 Å². The summed E-state index contributed by atoms with van der Waals surface area (Å²) < 4.78 is 5.26. The van der Waals surface area contributed by atoms with Crippen molar-refractivity contribution in [3.8, 4) is 5.69 Å². The Labute approximate surface area is 176 Å². The van der Waals surface area contributed by atoms with Gasteiger partial charge in [0.1, 0.15) is 5.65 Å². The van der Waals surface area contributed by atoms with E-state index in [0.717, 1.165) is 11.3 Å². The zero-order valence-corrected chi connectivity index (χ0v) is 16.4. The first-order chi connectivity index (χ1) is 14.7. The highest BCUT2D eigenvalue weighted by atomic mass is 35.5. The number of hydrogen-bond donors (Lipinski definition) is 1. The molecule has 0 fully saturated rings. The summed E-state index contributed by atoms with van der Waals surface area (Å²) in [6.45, 7) is 0.502. The van der Waals surface area contributed by atoms with E-state index in [1.807, 2.05) is 53.2 Å². The number of amides is 1. The number of hydrogen-bond acceptors (Lipinski definition) is 4. The number of benzene rings is 1. The molecule has 0 bridgehead atoms. The van der Waals surface area contributed by atoms with E-state index in [4.69, 9.17) is 11.6 Å². The van der Waals surface area contributed by atoms with Crippen LogP contribution >= 0.6 is 11.6 Å². The van der Waals surface area contributed by atoms with Crippen LogP contribution in [0.1, 0.15) is 16.1 Å². The van der Waals surface area contributed by atoms with E-state index < -0.39 is 0 Å². The summed E-state index contributed by atoms with van der Waals surface area (Å²) in [7, 11) is 0. The van der Waals surface area contributed by atoms with E-state index in [1.54, 1.807) is 34.0 Å². The quantitative estimate of drug-likeness (QED) is 0.473. The van der Waals surface area contributed by atoms with E-state index in [9.17, 15) is 4.79 Å². The van der Waals surface area contributed by atoms with Crippen LogP contribution in [0.2, 0.25) is 5.02 Å². The van der Waals surface area contributed by atoms with Gasteiger partial charge in [0.2, 0.25) is 0 Å². The minimum atomic E-state index is -0.277. The normalized spacial score (nSPS) is 11.1. The van der Waals surface area contributed by atoms with Crippen LogP contribution in [0.3, 0.4) is 0 Å². The summed E-state index contributed by atoms with van der Waals surface area (Å²) >= 11 is 6.19. The van der Waals surface area contributed by atoms with E-state index >= 15 is 0 Å². The molecule has 0 atom stereocenters. The Kier molecular flexibility index (Phi) is 4.53. The van der Waals surface area contributed by atoms with Gasteiger partial charge in [0.15, 0.2) is 0 Å². The number of carbonyl (C=O) groups is 1. The predicted octanol–water partition coefficient (Wildman–Crippen LogP) is 3.67. The summed E-state index contributed by atoms with van der Waals surface area (Å²) in [5.74, 6) is -0.277. The topological polar surface area (TPSA) is 82.0 Å². The molecular weight excluding hydrogens is 402 g/mol. The van der Waals surface area contributed by atoms with Gasteiger partial charge in [0.05, 0.1) is 46.6 Å². The number of imidazole rings is 1. The first kappa shape index (κ1) is 18.1. The van der Waals surface area contributed by atoms with E-state index in [-0.39, 0.29) is 5.91 Å². The lowest BCUT2D eigenvalue weighted by Gasteiger charge is -2.03. The number of anilines is 1. The number of carbonyl (C=O) groups excluding carboxylic acids is 1. The second kappa shape index (κ2) is 7.49. The predicted molar refractivity (Wildman–Crippen MR) is 113 cm³/mol. The molecule has 0 spiro atoms. The van der Waals surface area contributed by atoms with Crippen LogP contribution in [0, 0.1) is 0 Å². The van der Waals surface area contributed by atoms with Crippen molar-refractivity contribution in [2.24, 2.45) is 0 Å². The van der Waals surface area contributed by atoms with Crippen molar-refractivity contribution < 1.29 is 4.79 Å². The molecule has 5 aromatic rings. The molecule has 0 aliphatic carbocycles.